The van der Waals surface area contributed by atoms with Crippen LogP contribution in [0.25, 0.3) is 21.0 Å². The number of benzene rings is 2. The number of carboxylic acid groups (broad SMARTS) is 1. The van der Waals surface area contributed by atoms with E-state index in [1.54, 1.807) is 53.8 Å². The molecule has 3 N–H and O–H groups in total. The SMILES string of the molecule is O=C(O)c1ccc2c(c1)nc(Nc1cccc(S(=O)(=O)NC3CC3)c1)c1ccsc12. The predicted octanol–water partition coefficient (Wildman–Crippen LogP) is 4.33. The molecule has 0 atom stereocenters. The van der Waals surface area contributed by atoms with E-state index in [0.717, 1.165) is 28.3 Å². The number of hydrogen-bond acceptors (Lipinski definition) is 6. The third-order valence-electron chi connectivity index (χ3n) is 4.95. The molecule has 0 unspecified atom stereocenters. The lowest BCUT2D eigenvalue weighted by atomic mass is 10.1. The van der Waals surface area contributed by atoms with Crippen molar-refractivity contribution in [3.63, 3.8) is 0 Å². The Balaban J connectivity index is 1.57. The van der Waals surface area contributed by atoms with Crippen molar-refractivity contribution in [3.05, 3.63) is 59.5 Å². The van der Waals surface area contributed by atoms with Crippen molar-refractivity contribution in [1.29, 1.82) is 0 Å². The molecule has 152 valence electrons. The Morgan fingerprint density at radius 1 is 1.10 bits per heavy atom. The van der Waals surface area contributed by atoms with Crippen LogP contribution in [-0.2, 0) is 10.0 Å². The van der Waals surface area contributed by atoms with Gasteiger partial charge in [-0.3, -0.25) is 0 Å². The highest BCUT2D eigenvalue weighted by atomic mass is 32.2. The summed E-state index contributed by atoms with van der Waals surface area (Å²) in [6, 6.07) is 13.4. The van der Waals surface area contributed by atoms with E-state index in [9.17, 15) is 18.3 Å². The number of carbonyl (C=O) groups is 1. The van der Waals surface area contributed by atoms with Crippen molar-refractivity contribution in [3.8, 4) is 0 Å². The molecule has 5 rings (SSSR count). The Kier molecular flexibility index (Phi) is 4.46. The summed E-state index contributed by atoms with van der Waals surface area (Å²) < 4.78 is 28.7. The van der Waals surface area contributed by atoms with Crippen LogP contribution in [0.2, 0.25) is 0 Å². The average molecular weight is 440 g/mol. The van der Waals surface area contributed by atoms with Crippen LogP contribution in [0, 0.1) is 0 Å². The smallest absolute Gasteiger partial charge is 0.335 e. The van der Waals surface area contributed by atoms with Gasteiger partial charge in [0.15, 0.2) is 0 Å². The quantitative estimate of drug-likeness (QED) is 0.413. The number of sulfonamides is 1. The van der Waals surface area contributed by atoms with Crippen molar-refractivity contribution < 1.29 is 18.3 Å². The normalized spacial score (nSPS) is 14.3. The summed E-state index contributed by atoms with van der Waals surface area (Å²) >= 11 is 1.54. The number of rotatable bonds is 6. The Morgan fingerprint density at radius 2 is 1.93 bits per heavy atom. The van der Waals surface area contributed by atoms with E-state index < -0.39 is 16.0 Å². The predicted molar refractivity (Wildman–Crippen MR) is 117 cm³/mol. The molecule has 0 bridgehead atoms. The number of thiophene rings is 1. The lowest BCUT2D eigenvalue weighted by Crippen LogP contribution is -2.25. The van der Waals surface area contributed by atoms with Gasteiger partial charge in [-0.15, -0.1) is 11.3 Å². The van der Waals surface area contributed by atoms with Gasteiger partial charge in [-0.1, -0.05) is 12.1 Å². The number of nitrogens with one attached hydrogen (secondary N) is 2. The first-order valence-electron chi connectivity index (χ1n) is 9.34. The summed E-state index contributed by atoms with van der Waals surface area (Å²) in [5.74, 6) is -0.466. The molecule has 1 aliphatic carbocycles. The maximum Gasteiger partial charge on any atom is 0.335 e. The first-order chi connectivity index (χ1) is 14.4. The van der Waals surface area contributed by atoms with Crippen molar-refractivity contribution in [1.82, 2.24) is 9.71 Å². The van der Waals surface area contributed by atoms with Crippen molar-refractivity contribution >= 4 is 59.8 Å². The maximum atomic E-state index is 12.5. The fraction of sp³-hybridized carbons (Fsp3) is 0.143. The van der Waals surface area contributed by atoms with Gasteiger partial charge >= 0.3 is 5.97 Å². The van der Waals surface area contributed by atoms with Crippen molar-refractivity contribution in [2.24, 2.45) is 0 Å². The van der Waals surface area contributed by atoms with Crippen molar-refractivity contribution in [2.75, 3.05) is 5.32 Å². The first kappa shape index (κ1) is 19.0. The molecule has 1 aliphatic rings. The van der Waals surface area contributed by atoms with Crippen LogP contribution in [-0.4, -0.2) is 30.5 Å². The van der Waals surface area contributed by atoms with E-state index >= 15 is 0 Å². The summed E-state index contributed by atoms with van der Waals surface area (Å²) in [6.07, 6.45) is 1.74. The van der Waals surface area contributed by atoms with Gasteiger partial charge in [0, 0.05) is 27.2 Å². The summed E-state index contributed by atoms with van der Waals surface area (Å²) in [6.45, 7) is 0. The molecule has 1 fully saturated rings. The summed E-state index contributed by atoms with van der Waals surface area (Å²) in [5.41, 5.74) is 1.31. The van der Waals surface area contributed by atoms with E-state index in [1.807, 2.05) is 11.4 Å². The molecule has 7 nitrogen and oxygen atoms in total. The van der Waals surface area contributed by atoms with Gasteiger partial charge in [0.25, 0.3) is 0 Å². The second-order valence-corrected chi connectivity index (χ2v) is 9.84. The fourth-order valence-electron chi connectivity index (χ4n) is 3.30. The highest BCUT2D eigenvalue weighted by Gasteiger charge is 2.28. The van der Waals surface area contributed by atoms with Crippen LogP contribution < -0.4 is 10.0 Å². The molecule has 9 heteroatoms. The third kappa shape index (κ3) is 3.51. The van der Waals surface area contributed by atoms with E-state index in [1.165, 1.54) is 0 Å². The van der Waals surface area contributed by atoms with Gasteiger partial charge in [0.2, 0.25) is 10.0 Å². The minimum absolute atomic E-state index is 0.0302. The van der Waals surface area contributed by atoms with Gasteiger partial charge in [0.05, 0.1) is 16.0 Å². The molecule has 2 heterocycles. The van der Waals surface area contributed by atoms with Crippen LogP contribution >= 0.6 is 11.3 Å². The molecule has 0 spiro atoms. The molecule has 30 heavy (non-hydrogen) atoms. The van der Waals surface area contributed by atoms with Gasteiger partial charge < -0.3 is 10.4 Å². The molecule has 1 saturated carbocycles. The molecule has 2 aromatic heterocycles. The molecule has 0 amide bonds. The molecular weight excluding hydrogens is 422 g/mol. The van der Waals surface area contributed by atoms with Crippen LogP contribution in [0.15, 0.2) is 58.8 Å². The van der Waals surface area contributed by atoms with Gasteiger partial charge in [-0.25, -0.2) is 22.9 Å². The summed E-state index contributed by atoms with van der Waals surface area (Å²) in [5, 5.41) is 16.2. The Labute approximate surface area is 176 Å². The minimum atomic E-state index is -3.57. The third-order valence-corrected chi connectivity index (χ3v) is 7.41. The van der Waals surface area contributed by atoms with Gasteiger partial charge in [0.1, 0.15) is 5.82 Å². The van der Waals surface area contributed by atoms with Crippen LogP contribution in [0.3, 0.4) is 0 Å². The Bertz CT molecular complexity index is 1410. The van der Waals surface area contributed by atoms with E-state index in [-0.39, 0.29) is 16.5 Å². The molecule has 2 aromatic carbocycles. The number of aromatic carboxylic acids is 1. The van der Waals surface area contributed by atoms with Gasteiger partial charge in [-0.2, -0.15) is 0 Å². The number of carboxylic acids is 1. The van der Waals surface area contributed by atoms with E-state index in [0.29, 0.717) is 17.0 Å². The number of hydrogen-bond donors (Lipinski definition) is 3. The Morgan fingerprint density at radius 3 is 2.70 bits per heavy atom. The number of pyridine rings is 1. The van der Waals surface area contributed by atoms with E-state index in [4.69, 9.17) is 0 Å². The zero-order valence-electron chi connectivity index (χ0n) is 15.6. The standard InChI is InChI=1S/C21H17N3O4S2/c25-21(26)12-4-7-16-18(10-12)23-20(17-8-9-29-19(16)17)22-14-2-1-3-15(11-14)30(27,28)24-13-5-6-13/h1-4,7-11,13,24H,5-6H2,(H,22,23)(H,25,26). The number of aromatic nitrogens is 1. The second kappa shape index (κ2) is 7.05. The number of nitrogens with zero attached hydrogens (tertiary/aromatic N) is 1. The largest absolute Gasteiger partial charge is 0.478 e. The zero-order chi connectivity index (χ0) is 20.9. The minimum Gasteiger partial charge on any atom is -0.478 e. The highest BCUT2D eigenvalue weighted by Crippen LogP contribution is 2.35. The van der Waals surface area contributed by atoms with Crippen LogP contribution in [0.5, 0.6) is 0 Å². The van der Waals surface area contributed by atoms with Crippen molar-refractivity contribution in [2.45, 2.75) is 23.8 Å². The maximum absolute atomic E-state index is 12.5. The van der Waals surface area contributed by atoms with E-state index in [2.05, 4.69) is 15.0 Å². The fourth-order valence-corrected chi connectivity index (χ4v) is 5.58. The van der Waals surface area contributed by atoms with Crippen LogP contribution in [0.4, 0.5) is 11.5 Å². The monoisotopic (exact) mass is 439 g/mol. The molecule has 0 aliphatic heterocycles. The topological polar surface area (TPSA) is 108 Å². The zero-order valence-corrected chi connectivity index (χ0v) is 17.3. The lowest BCUT2D eigenvalue weighted by Gasteiger charge is -2.11. The number of anilines is 2. The summed E-state index contributed by atoms with van der Waals surface area (Å²) in [4.78, 5) is 16.2. The molecular formula is C21H17N3O4S2. The summed E-state index contributed by atoms with van der Waals surface area (Å²) in [7, 11) is -3.57. The average Bonchev–Trinajstić information content (AvgIpc) is 3.37. The molecule has 0 radical (unpaired) electrons. The van der Waals surface area contributed by atoms with Gasteiger partial charge in [-0.05, 0) is 54.6 Å². The number of fused-ring (bicyclic) bond motifs is 3. The molecule has 0 saturated heterocycles. The highest BCUT2D eigenvalue weighted by molar-refractivity contribution is 7.89. The van der Waals surface area contributed by atoms with Crippen LogP contribution in [0.1, 0.15) is 23.2 Å². The molecule has 4 aromatic rings. The second-order valence-electron chi connectivity index (χ2n) is 7.21. The Hall–Kier alpha value is -3.01. The lowest BCUT2D eigenvalue weighted by molar-refractivity contribution is 0.0697. The first-order valence-corrected chi connectivity index (χ1v) is 11.7.